The van der Waals surface area contributed by atoms with Gasteiger partial charge >= 0.3 is 5.97 Å². The van der Waals surface area contributed by atoms with Gasteiger partial charge in [0.2, 0.25) is 0 Å². The van der Waals surface area contributed by atoms with E-state index < -0.39 is 0 Å². The van der Waals surface area contributed by atoms with E-state index in [1.165, 1.54) is 5.56 Å². The fraction of sp³-hybridized carbons (Fsp3) is 0.562. The number of hydrogen-bond donors (Lipinski definition) is 0. The van der Waals surface area contributed by atoms with Gasteiger partial charge in [-0.2, -0.15) is 0 Å². The number of carbonyl (C=O) groups is 1. The quantitative estimate of drug-likeness (QED) is 0.485. The van der Waals surface area contributed by atoms with Gasteiger partial charge in [-0.3, -0.25) is 4.79 Å². The second kappa shape index (κ2) is 9.69. The number of benzene rings is 1. The van der Waals surface area contributed by atoms with Crippen molar-refractivity contribution >= 4 is 5.97 Å². The van der Waals surface area contributed by atoms with Crippen LogP contribution in [0.3, 0.4) is 0 Å². The van der Waals surface area contributed by atoms with E-state index in [0.29, 0.717) is 13.0 Å². The Bertz CT molecular complexity index is 319. The summed E-state index contributed by atoms with van der Waals surface area (Å²) in [6, 6.07) is 10.4. The van der Waals surface area contributed by atoms with Crippen LogP contribution in [-0.4, -0.2) is 12.6 Å². The largest absolute Gasteiger partial charge is 0.466 e. The molecule has 0 spiro atoms. The van der Waals surface area contributed by atoms with Gasteiger partial charge in [0.15, 0.2) is 0 Å². The summed E-state index contributed by atoms with van der Waals surface area (Å²) >= 11 is 0. The lowest BCUT2D eigenvalue weighted by Crippen LogP contribution is -2.05. The fourth-order valence-corrected chi connectivity index (χ4v) is 1.85. The van der Waals surface area contributed by atoms with E-state index in [0.717, 1.165) is 38.5 Å². The summed E-state index contributed by atoms with van der Waals surface area (Å²) in [4.78, 5) is 11.4. The van der Waals surface area contributed by atoms with Gasteiger partial charge in [0, 0.05) is 6.42 Å². The molecule has 100 valence electrons. The van der Waals surface area contributed by atoms with Gasteiger partial charge in [-0.25, -0.2) is 0 Å². The summed E-state index contributed by atoms with van der Waals surface area (Å²) in [6.45, 7) is 2.73. The molecule has 0 aliphatic carbocycles. The third-order valence-corrected chi connectivity index (χ3v) is 2.95. The first-order valence-corrected chi connectivity index (χ1v) is 7.02. The highest BCUT2D eigenvalue weighted by molar-refractivity contribution is 5.69. The standard InChI is InChI=1S/C16H24O2/c1-2-3-9-14-18-16(17)13-8-7-12-15-10-5-4-6-11-15/h4-6,10-11H,2-3,7-9,12-14H2,1H3. The van der Waals surface area contributed by atoms with Crippen molar-refractivity contribution in [2.75, 3.05) is 6.61 Å². The lowest BCUT2D eigenvalue weighted by atomic mass is 10.1. The van der Waals surface area contributed by atoms with Gasteiger partial charge in [-0.15, -0.1) is 0 Å². The zero-order chi connectivity index (χ0) is 13.1. The Balaban J connectivity index is 1.99. The molecule has 0 heterocycles. The van der Waals surface area contributed by atoms with Crippen molar-refractivity contribution in [2.24, 2.45) is 0 Å². The molecular formula is C16H24O2. The molecule has 0 saturated carbocycles. The van der Waals surface area contributed by atoms with E-state index >= 15 is 0 Å². The SMILES string of the molecule is CCCCCOC(=O)CCCCc1ccccc1. The molecule has 0 bridgehead atoms. The average molecular weight is 248 g/mol. The highest BCUT2D eigenvalue weighted by atomic mass is 16.5. The third-order valence-electron chi connectivity index (χ3n) is 2.95. The first-order valence-electron chi connectivity index (χ1n) is 7.02. The molecule has 2 heteroatoms. The topological polar surface area (TPSA) is 26.3 Å². The summed E-state index contributed by atoms with van der Waals surface area (Å²) in [7, 11) is 0. The molecule has 0 N–H and O–H groups in total. The van der Waals surface area contributed by atoms with E-state index in [1.54, 1.807) is 0 Å². The predicted molar refractivity (Wildman–Crippen MR) is 74.5 cm³/mol. The van der Waals surface area contributed by atoms with Gasteiger partial charge in [0.05, 0.1) is 6.61 Å². The molecule has 0 radical (unpaired) electrons. The van der Waals surface area contributed by atoms with Crippen LogP contribution in [0.1, 0.15) is 51.0 Å². The molecule has 0 fully saturated rings. The molecule has 18 heavy (non-hydrogen) atoms. The lowest BCUT2D eigenvalue weighted by Gasteiger charge is -2.04. The molecule has 0 aliphatic heterocycles. The number of rotatable bonds is 9. The maximum absolute atomic E-state index is 11.4. The fourth-order valence-electron chi connectivity index (χ4n) is 1.85. The predicted octanol–water partition coefficient (Wildman–Crippen LogP) is 4.13. The molecule has 0 aliphatic rings. The molecular weight excluding hydrogens is 224 g/mol. The molecule has 0 saturated heterocycles. The Hall–Kier alpha value is -1.31. The van der Waals surface area contributed by atoms with Crippen molar-refractivity contribution in [3.05, 3.63) is 35.9 Å². The first-order chi connectivity index (χ1) is 8.83. The average Bonchev–Trinajstić information content (AvgIpc) is 2.41. The molecule has 0 amide bonds. The zero-order valence-corrected chi connectivity index (χ0v) is 11.4. The van der Waals surface area contributed by atoms with Gasteiger partial charge in [0.25, 0.3) is 0 Å². The van der Waals surface area contributed by atoms with Crippen LogP contribution in [-0.2, 0) is 16.0 Å². The van der Waals surface area contributed by atoms with Gasteiger partial charge < -0.3 is 4.74 Å². The van der Waals surface area contributed by atoms with Crippen molar-refractivity contribution in [1.82, 2.24) is 0 Å². The number of ether oxygens (including phenoxy) is 1. The first kappa shape index (κ1) is 14.7. The Morgan fingerprint density at radius 2 is 1.83 bits per heavy atom. The van der Waals surface area contributed by atoms with Crippen LogP contribution in [0.15, 0.2) is 30.3 Å². The summed E-state index contributed by atoms with van der Waals surface area (Å²) in [5.74, 6) is -0.0424. The van der Waals surface area contributed by atoms with Gasteiger partial charge in [-0.05, 0) is 31.2 Å². The minimum atomic E-state index is -0.0424. The second-order valence-electron chi connectivity index (χ2n) is 4.62. The smallest absolute Gasteiger partial charge is 0.305 e. The molecule has 1 aromatic rings. The molecule has 1 rings (SSSR count). The molecule has 0 aromatic heterocycles. The van der Waals surface area contributed by atoms with E-state index in [-0.39, 0.29) is 5.97 Å². The zero-order valence-electron chi connectivity index (χ0n) is 11.4. The number of unbranched alkanes of at least 4 members (excludes halogenated alkanes) is 3. The Labute approximate surface area is 110 Å². The maximum Gasteiger partial charge on any atom is 0.305 e. The van der Waals surface area contributed by atoms with E-state index in [4.69, 9.17) is 4.74 Å². The minimum Gasteiger partial charge on any atom is -0.466 e. The Morgan fingerprint density at radius 1 is 1.06 bits per heavy atom. The van der Waals surface area contributed by atoms with Crippen LogP contribution in [0.25, 0.3) is 0 Å². The van der Waals surface area contributed by atoms with Crippen molar-refractivity contribution < 1.29 is 9.53 Å². The lowest BCUT2D eigenvalue weighted by molar-refractivity contribution is -0.143. The minimum absolute atomic E-state index is 0.0424. The number of esters is 1. The molecule has 1 aromatic carbocycles. The Kier molecular flexibility index (Phi) is 7.94. The van der Waals surface area contributed by atoms with Crippen molar-refractivity contribution in [3.63, 3.8) is 0 Å². The van der Waals surface area contributed by atoms with Crippen molar-refractivity contribution in [3.8, 4) is 0 Å². The van der Waals surface area contributed by atoms with Crippen molar-refractivity contribution in [2.45, 2.75) is 51.9 Å². The van der Waals surface area contributed by atoms with Crippen LogP contribution in [0, 0.1) is 0 Å². The van der Waals surface area contributed by atoms with Crippen LogP contribution in [0.2, 0.25) is 0 Å². The Morgan fingerprint density at radius 3 is 2.56 bits per heavy atom. The van der Waals surface area contributed by atoms with E-state index in [2.05, 4.69) is 31.2 Å². The summed E-state index contributed by atoms with van der Waals surface area (Å²) in [5.41, 5.74) is 1.34. The van der Waals surface area contributed by atoms with E-state index in [9.17, 15) is 4.79 Å². The van der Waals surface area contributed by atoms with Gasteiger partial charge in [-0.1, -0.05) is 50.1 Å². The monoisotopic (exact) mass is 248 g/mol. The second-order valence-corrected chi connectivity index (χ2v) is 4.62. The van der Waals surface area contributed by atoms with Crippen molar-refractivity contribution in [1.29, 1.82) is 0 Å². The van der Waals surface area contributed by atoms with Gasteiger partial charge in [0.1, 0.15) is 0 Å². The van der Waals surface area contributed by atoms with Crippen LogP contribution in [0.5, 0.6) is 0 Å². The highest BCUT2D eigenvalue weighted by Crippen LogP contribution is 2.07. The highest BCUT2D eigenvalue weighted by Gasteiger charge is 2.02. The van der Waals surface area contributed by atoms with E-state index in [1.807, 2.05) is 6.07 Å². The van der Waals surface area contributed by atoms with Crippen LogP contribution in [0.4, 0.5) is 0 Å². The molecule has 0 unspecified atom stereocenters. The summed E-state index contributed by atoms with van der Waals surface area (Å²) in [5, 5.41) is 0. The number of aryl methyl sites for hydroxylation is 1. The molecule has 2 nitrogen and oxygen atoms in total. The summed E-state index contributed by atoms with van der Waals surface area (Å²) < 4.78 is 5.16. The normalized spacial score (nSPS) is 10.3. The maximum atomic E-state index is 11.4. The summed E-state index contributed by atoms with van der Waals surface area (Å²) in [6.07, 6.45) is 6.86. The van der Waals surface area contributed by atoms with Crippen LogP contribution >= 0.6 is 0 Å². The number of carbonyl (C=O) groups excluding carboxylic acids is 1. The molecule has 0 atom stereocenters. The number of hydrogen-bond acceptors (Lipinski definition) is 2. The van der Waals surface area contributed by atoms with Crippen LogP contribution < -0.4 is 0 Å². The third kappa shape index (κ3) is 7.10.